The van der Waals surface area contributed by atoms with E-state index in [2.05, 4.69) is 5.32 Å². The summed E-state index contributed by atoms with van der Waals surface area (Å²) in [6.07, 6.45) is 3.11. The molecule has 0 radical (unpaired) electrons. The first-order chi connectivity index (χ1) is 8.22. The molecule has 1 atom stereocenters. The summed E-state index contributed by atoms with van der Waals surface area (Å²) < 4.78 is 27.5. The van der Waals surface area contributed by atoms with E-state index in [0.717, 1.165) is 6.61 Å². The zero-order valence-corrected chi connectivity index (χ0v) is 12.3. The predicted molar refractivity (Wildman–Crippen MR) is 71.3 cm³/mol. The zero-order valence-electron chi connectivity index (χ0n) is 11.5. The largest absolute Gasteiger partial charge is 0.389 e. The molecule has 0 amide bonds. The topological polar surface area (TPSA) is 75.6 Å². The van der Waals surface area contributed by atoms with E-state index in [0.29, 0.717) is 25.6 Å². The van der Waals surface area contributed by atoms with Gasteiger partial charge in [0, 0.05) is 26.0 Å². The van der Waals surface area contributed by atoms with Gasteiger partial charge in [-0.3, -0.25) is 0 Å². The highest BCUT2D eigenvalue weighted by atomic mass is 32.2. The average Bonchev–Trinajstić information content (AvgIpc) is 2.99. The van der Waals surface area contributed by atoms with Crippen LogP contribution in [-0.4, -0.2) is 56.9 Å². The first-order valence-electron chi connectivity index (χ1n) is 6.38. The normalized spacial score (nSPS) is 18.9. The molecule has 1 rings (SSSR count). The van der Waals surface area contributed by atoms with Crippen LogP contribution in [0.4, 0.5) is 0 Å². The van der Waals surface area contributed by atoms with E-state index in [4.69, 9.17) is 4.74 Å². The molecule has 18 heavy (non-hydrogen) atoms. The van der Waals surface area contributed by atoms with Gasteiger partial charge in [0.1, 0.15) is 0 Å². The van der Waals surface area contributed by atoms with E-state index < -0.39 is 20.7 Å². The molecule has 1 aliphatic rings. The molecule has 2 N–H and O–H groups in total. The molecule has 0 aromatic heterocycles. The predicted octanol–water partition coefficient (Wildman–Crippen LogP) is 0.187. The van der Waals surface area contributed by atoms with Crippen LogP contribution in [0.1, 0.15) is 26.7 Å². The molecule has 0 aliphatic heterocycles. The lowest BCUT2D eigenvalue weighted by Gasteiger charge is -2.23. The van der Waals surface area contributed by atoms with Gasteiger partial charge in [-0.1, -0.05) is 0 Å². The minimum absolute atomic E-state index is 0.308. The fourth-order valence-corrected chi connectivity index (χ4v) is 1.75. The Hall–Kier alpha value is -0.170. The number of sulfone groups is 1. The minimum atomic E-state index is -3.10. The lowest BCUT2D eigenvalue weighted by molar-refractivity contribution is 0.0324. The number of hydrogen-bond donors (Lipinski definition) is 2. The van der Waals surface area contributed by atoms with Crippen LogP contribution >= 0.6 is 0 Å². The molecule has 0 aromatic carbocycles. The molecule has 108 valence electrons. The number of aliphatic hydroxyl groups is 1. The van der Waals surface area contributed by atoms with Gasteiger partial charge in [0.15, 0.2) is 9.84 Å². The number of nitrogens with one attached hydrogen (secondary N) is 1. The molecule has 6 heteroatoms. The average molecular weight is 279 g/mol. The molecule has 1 fully saturated rings. The highest BCUT2D eigenvalue weighted by Gasteiger charge is 2.29. The fraction of sp³-hybridized carbons (Fsp3) is 1.00. The van der Waals surface area contributed by atoms with Crippen LogP contribution in [0.25, 0.3) is 0 Å². The van der Waals surface area contributed by atoms with Crippen LogP contribution in [0, 0.1) is 5.92 Å². The second-order valence-corrected chi connectivity index (χ2v) is 8.45. The Balaban J connectivity index is 2.11. The fourth-order valence-electron chi connectivity index (χ4n) is 1.39. The van der Waals surface area contributed by atoms with Crippen LogP contribution in [0.15, 0.2) is 0 Å². The van der Waals surface area contributed by atoms with E-state index in [1.807, 2.05) is 0 Å². The summed E-state index contributed by atoms with van der Waals surface area (Å²) in [5.74, 6) is 0.689. The van der Waals surface area contributed by atoms with Crippen molar-refractivity contribution in [1.82, 2.24) is 5.32 Å². The summed E-state index contributed by atoms with van der Waals surface area (Å²) in [6.45, 7) is 5.06. The zero-order chi connectivity index (χ0) is 13.8. The minimum Gasteiger partial charge on any atom is -0.389 e. The molecule has 1 aliphatic carbocycles. The van der Waals surface area contributed by atoms with Gasteiger partial charge in [-0.05, 0) is 32.6 Å². The Morgan fingerprint density at radius 2 is 2.06 bits per heavy atom. The maximum absolute atomic E-state index is 11.5. The van der Waals surface area contributed by atoms with E-state index in [9.17, 15) is 13.5 Å². The van der Waals surface area contributed by atoms with Crippen LogP contribution < -0.4 is 5.32 Å². The molecule has 1 unspecified atom stereocenters. The summed E-state index contributed by atoms with van der Waals surface area (Å²) in [6, 6.07) is 0. The summed E-state index contributed by atoms with van der Waals surface area (Å²) >= 11 is 0. The number of hydrogen-bond acceptors (Lipinski definition) is 5. The summed E-state index contributed by atoms with van der Waals surface area (Å²) in [4.78, 5) is 0. The van der Waals surface area contributed by atoms with Gasteiger partial charge in [-0.25, -0.2) is 8.42 Å². The Morgan fingerprint density at radius 1 is 1.44 bits per heavy atom. The Bertz CT molecular complexity index is 349. The monoisotopic (exact) mass is 279 g/mol. The third-order valence-corrected chi connectivity index (χ3v) is 5.45. The van der Waals surface area contributed by atoms with E-state index in [1.165, 1.54) is 19.1 Å². The van der Waals surface area contributed by atoms with Gasteiger partial charge in [-0.15, -0.1) is 0 Å². The van der Waals surface area contributed by atoms with E-state index in [-0.39, 0.29) is 0 Å². The highest BCUT2D eigenvalue weighted by Crippen LogP contribution is 2.28. The molecule has 0 spiro atoms. The lowest BCUT2D eigenvalue weighted by Crippen LogP contribution is -2.44. The molecule has 0 saturated heterocycles. The second kappa shape index (κ2) is 6.32. The maximum Gasteiger partial charge on any atom is 0.153 e. The van der Waals surface area contributed by atoms with Crippen molar-refractivity contribution in [3.05, 3.63) is 0 Å². The maximum atomic E-state index is 11.5. The Morgan fingerprint density at radius 3 is 2.56 bits per heavy atom. The van der Waals surface area contributed by atoms with Crippen LogP contribution in [0.5, 0.6) is 0 Å². The number of ether oxygens (including phenoxy) is 1. The standard InChI is InChI=1S/C12H25NO4S/c1-12(2,18(3,15)16)9-13-6-11(14)8-17-7-10-4-5-10/h10-11,13-14H,4-9H2,1-3H3. The van der Waals surface area contributed by atoms with E-state index in [1.54, 1.807) is 13.8 Å². The van der Waals surface area contributed by atoms with Crippen LogP contribution in [0.3, 0.4) is 0 Å². The second-order valence-electron chi connectivity index (χ2n) is 5.80. The first-order valence-corrected chi connectivity index (χ1v) is 8.27. The number of rotatable bonds is 9. The molecule has 0 aromatic rings. The van der Waals surface area contributed by atoms with Gasteiger partial charge in [0.25, 0.3) is 0 Å². The molecular weight excluding hydrogens is 254 g/mol. The molecule has 1 saturated carbocycles. The molecular formula is C12H25NO4S. The van der Waals surface area contributed by atoms with Gasteiger partial charge in [0.2, 0.25) is 0 Å². The molecule has 0 bridgehead atoms. The number of aliphatic hydroxyl groups excluding tert-OH is 1. The van der Waals surface area contributed by atoms with E-state index >= 15 is 0 Å². The van der Waals surface area contributed by atoms with Crippen molar-refractivity contribution >= 4 is 9.84 Å². The summed E-state index contributed by atoms with van der Waals surface area (Å²) in [7, 11) is -3.10. The summed E-state index contributed by atoms with van der Waals surface area (Å²) in [5.41, 5.74) is 0. The van der Waals surface area contributed by atoms with Crippen molar-refractivity contribution in [3.8, 4) is 0 Å². The van der Waals surface area contributed by atoms with Crippen molar-refractivity contribution < 1.29 is 18.3 Å². The van der Waals surface area contributed by atoms with Gasteiger partial charge < -0.3 is 15.2 Å². The summed E-state index contributed by atoms with van der Waals surface area (Å²) in [5, 5.41) is 12.6. The van der Waals surface area contributed by atoms with Crippen molar-refractivity contribution in [2.75, 3.05) is 32.6 Å². The van der Waals surface area contributed by atoms with Gasteiger partial charge >= 0.3 is 0 Å². The Kier molecular flexibility index (Phi) is 5.58. The quantitative estimate of drug-likeness (QED) is 0.630. The van der Waals surface area contributed by atoms with Crippen LogP contribution in [0.2, 0.25) is 0 Å². The molecule has 5 nitrogen and oxygen atoms in total. The SMILES string of the molecule is CC(C)(CNCC(O)COCC1CC1)S(C)(=O)=O. The molecule has 0 heterocycles. The van der Waals surface area contributed by atoms with Gasteiger partial charge in [0.05, 0.1) is 17.5 Å². The van der Waals surface area contributed by atoms with Crippen molar-refractivity contribution in [1.29, 1.82) is 0 Å². The van der Waals surface area contributed by atoms with Crippen molar-refractivity contribution in [3.63, 3.8) is 0 Å². The smallest absolute Gasteiger partial charge is 0.153 e. The van der Waals surface area contributed by atoms with Crippen LogP contribution in [-0.2, 0) is 14.6 Å². The van der Waals surface area contributed by atoms with Crippen molar-refractivity contribution in [2.24, 2.45) is 5.92 Å². The lowest BCUT2D eigenvalue weighted by atomic mass is 10.2. The van der Waals surface area contributed by atoms with Crippen molar-refractivity contribution in [2.45, 2.75) is 37.5 Å². The Labute approximate surface area is 110 Å². The van der Waals surface area contributed by atoms with Gasteiger partial charge in [-0.2, -0.15) is 0 Å². The third kappa shape index (κ3) is 5.65. The highest BCUT2D eigenvalue weighted by molar-refractivity contribution is 7.92. The third-order valence-electron chi connectivity index (χ3n) is 3.30. The first kappa shape index (κ1) is 15.9.